The van der Waals surface area contributed by atoms with Crippen LogP contribution in [0.2, 0.25) is 0 Å². The fourth-order valence-electron chi connectivity index (χ4n) is 6.78. The third-order valence-corrected chi connectivity index (χ3v) is 9.34. The Kier molecular flexibility index (Phi) is 8.94. The van der Waals surface area contributed by atoms with E-state index < -0.39 is 43.9 Å². The quantitative estimate of drug-likeness (QED) is 0.157. The van der Waals surface area contributed by atoms with Crippen molar-refractivity contribution in [2.45, 2.75) is 66.2 Å². The van der Waals surface area contributed by atoms with Gasteiger partial charge >= 0.3 is 11.7 Å². The first-order chi connectivity index (χ1) is 21.9. The van der Waals surface area contributed by atoms with Crippen molar-refractivity contribution in [1.29, 1.82) is 0 Å². The van der Waals surface area contributed by atoms with Gasteiger partial charge in [0.1, 0.15) is 6.54 Å². The van der Waals surface area contributed by atoms with Crippen LogP contribution in [0, 0.1) is 34.6 Å². The molecule has 1 aliphatic heterocycles. The highest BCUT2D eigenvalue weighted by Gasteiger charge is 2.49. The molecule has 2 aromatic rings. The number of carbonyl (C=O) groups excluding carboxylic acids is 2. The zero-order valence-corrected chi connectivity index (χ0v) is 28.7. The molecule has 2 aliphatic carbocycles. The van der Waals surface area contributed by atoms with Crippen LogP contribution < -0.4 is 9.47 Å². The predicted molar refractivity (Wildman–Crippen MR) is 177 cm³/mol. The molecule has 0 saturated heterocycles. The lowest BCUT2D eigenvalue weighted by molar-refractivity contribution is -0.394. The fourth-order valence-corrected chi connectivity index (χ4v) is 7.52. The van der Waals surface area contributed by atoms with Crippen LogP contribution in [0.4, 0.5) is 11.4 Å². The van der Waals surface area contributed by atoms with Crippen LogP contribution in [0.15, 0.2) is 52.9 Å². The number of nitro groups is 2. The summed E-state index contributed by atoms with van der Waals surface area (Å²) in [7, 11) is 0. The number of nitrogens with zero attached hydrogens (tertiary/aromatic N) is 3. The van der Waals surface area contributed by atoms with E-state index in [9.17, 15) is 39.7 Å². The van der Waals surface area contributed by atoms with Gasteiger partial charge in [-0.3, -0.25) is 34.6 Å². The highest BCUT2D eigenvalue weighted by molar-refractivity contribution is 14.1. The van der Waals surface area contributed by atoms with Gasteiger partial charge in [-0.2, -0.15) is 0 Å². The molecule has 0 saturated carbocycles. The molecule has 14 heteroatoms. The number of Topliss-reactive ketones (excluding diaryl/α,β-unsaturated/α-hetero) is 2. The summed E-state index contributed by atoms with van der Waals surface area (Å²) >= 11 is 1.98. The Balaban J connectivity index is 1.72. The van der Waals surface area contributed by atoms with E-state index in [-0.39, 0.29) is 54.8 Å². The van der Waals surface area contributed by atoms with Crippen molar-refractivity contribution < 1.29 is 38.8 Å². The molecular formula is C33H34IN3O10. The van der Waals surface area contributed by atoms with Gasteiger partial charge in [0.05, 0.1) is 26.1 Å². The lowest BCUT2D eigenvalue weighted by Gasteiger charge is -2.48. The summed E-state index contributed by atoms with van der Waals surface area (Å²) in [5, 5.41) is 33.0. The summed E-state index contributed by atoms with van der Waals surface area (Å²) in [5.41, 5.74) is 0.558. The van der Waals surface area contributed by atoms with Crippen molar-refractivity contribution in [3.05, 3.63) is 82.2 Å². The molecule has 0 unspecified atom stereocenters. The number of carbonyl (C=O) groups is 3. The number of carboxylic acid groups (broad SMARTS) is 1. The molecule has 0 aromatic heterocycles. The molecular weight excluding hydrogens is 725 g/mol. The number of hydrogen-bond donors (Lipinski definition) is 1. The van der Waals surface area contributed by atoms with Gasteiger partial charge in [0.2, 0.25) is 5.75 Å². The predicted octanol–water partition coefficient (Wildman–Crippen LogP) is 7.07. The number of halogens is 1. The summed E-state index contributed by atoms with van der Waals surface area (Å²) < 4.78 is 12.4. The topological polar surface area (TPSA) is 179 Å². The van der Waals surface area contributed by atoms with E-state index in [0.29, 0.717) is 44.5 Å². The van der Waals surface area contributed by atoms with Gasteiger partial charge in [0.15, 0.2) is 23.1 Å². The molecule has 13 nitrogen and oxygen atoms in total. The number of aliphatic carboxylic acids is 1. The summed E-state index contributed by atoms with van der Waals surface area (Å²) in [6.07, 6.45) is 1.30. The Morgan fingerprint density at radius 2 is 1.51 bits per heavy atom. The molecule has 0 atom stereocenters. The number of nitro benzene ring substituents is 2. The summed E-state index contributed by atoms with van der Waals surface area (Å²) in [5.74, 6) is -2.15. The van der Waals surface area contributed by atoms with E-state index in [1.165, 1.54) is 0 Å². The van der Waals surface area contributed by atoms with Gasteiger partial charge in [-0.25, -0.2) is 0 Å². The second-order valence-corrected chi connectivity index (χ2v) is 14.7. The van der Waals surface area contributed by atoms with Crippen molar-refractivity contribution >= 4 is 51.5 Å². The van der Waals surface area contributed by atoms with Crippen molar-refractivity contribution in [1.82, 2.24) is 4.90 Å². The monoisotopic (exact) mass is 759 g/mol. The normalized spacial score (nSPS) is 18.9. The standard InChI is InChI=1S/C33H34IN3O10/c1-6-46-26-10-17(9-19(34)31(26)47-25-8-7-18(36(42)43)11-20(25)37(44)45)28-29-21(12-32(2,3)14-23(29)38)35(16-27(40)41)22-13-33(4,5)15-24(39)30(22)28/h7-11,28H,6,12-16H2,1-5H3,(H,40,41). The third kappa shape index (κ3) is 6.60. The minimum absolute atomic E-state index is 0.118. The fraction of sp³-hybridized carbons (Fsp3) is 0.424. The number of ketones is 2. The summed E-state index contributed by atoms with van der Waals surface area (Å²) in [6, 6.07) is 6.43. The third-order valence-electron chi connectivity index (χ3n) is 8.54. The highest BCUT2D eigenvalue weighted by atomic mass is 127. The maximum atomic E-state index is 14.0. The molecule has 0 spiro atoms. The van der Waals surface area contributed by atoms with Crippen LogP contribution in [-0.2, 0) is 14.4 Å². The number of ether oxygens (including phenoxy) is 2. The molecule has 3 aliphatic rings. The van der Waals surface area contributed by atoms with E-state index in [1.807, 2.05) is 50.3 Å². The van der Waals surface area contributed by atoms with E-state index in [0.717, 1.165) is 18.2 Å². The largest absolute Gasteiger partial charge is 0.490 e. The Hall–Kier alpha value is -4.34. The first-order valence-electron chi connectivity index (χ1n) is 15.0. The minimum Gasteiger partial charge on any atom is -0.490 e. The Labute approximate surface area is 284 Å². The Bertz CT molecular complexity index is 1760. The molecule has 0 radical (unpaired) electrons. The maximum Gasteiger partial charge on any atom is 0.323 e. The molecule has 1 N–H and O–H groups in total. The average Bonchev–Trinajstić information content (AvgIpc) is 2.94. The zero-order chi connectivity index (χ0) is 34.6. The van der Waals surface area contributed by atoms with E-state index in [4.69, 9.17) is 9.47 Å². The van der Waals surface area contributed by atoms with Crippen LogP contribution in [0.3, 0.4) is 0 Å². The van der Waals surface area contributed by atoms with Gasteiger partial charge in [-0.1, -0.05) is 27.7 Å². The van der Waals surface area contributed by atoms with E-state index in [2.05, 4.69) is 0 Å². The second-order valence-electron chi connectivity index (χ2n) is 13.5. The molecule has 0 amide bonds. The molecule has 0 bridgehead atoms. The SMILES string of the molecule is CCOc1cc(C2C3=C(CC(C)(C)CC3=O)N(CC(=O)O)C3=C2C(=O)CC(C)(C)C3)cc(I)c1Oc1ccc([N+](=O)[O-])cc1[N+](=O)[O-]. The number of rotatable bonds is 9. The van der Waals surface area contributed by atoms with Gasteiger partial charge < -0.3 is 19.5 Å². The lowest BCUT2D eigenvalue weighted by Crippen LogP contribution is -2.45. The van der Waals surface area contributed by atoms with Crippen molar-refractivity contribution in [2.24, 2.45) is 10.8 Å². The van der Waals surface area contributed by atoms with E-state index in [1.54, 1.807) is 24.0 Å². The molecule has 47 heavy (non-hydrogen) atoms. The summed E-state index contributed by atoms with van der Waals surface area (Å²) in [4.78, 5) is 63.4. The number of hydrogen-bond acceptors (Lipinski definition) is 10. The lowest BCUT2D eigenvalue weighted by atomic mass is 9.63. The van der Waals surface area contributed by atoms with Gasteiger partial charge in [-0.15, -0.1) is 0 Å². The van der Waals surface area contributed by atoms with Crippen molar-refractivity contribution in [3.63, 3.8) is 0 Å². The van der Waals surface area contributed by atoms with Crippen LogP contribution in [0.25, 0.3) is 0 Å². The number of non-ortho nitro benzene ring substituents is 1. The highest BCUT2D eigenvalue weighted by Crippen LogP contribution is 2.55. The molecule has 248 valence electrons. The number of benzene rings is 2. The van der Waals surface area contributed by atoms with Gasteiger partial charge in [0.25, 0.3) is 5.69 Å². The average molecular weight is 760 g/mol. The van der Waals surface area contributed by atoms with Gasteiger partial charge in [-0.05, 0) is 76.9 Å². The number of allylic oxidation sites excluding steroid dienone is 4. The maximum absolute atomic E-state index is 14.0. The van der Waals surface area contributed by atoms with Gasteiger partial charge in [0, 0.05) is 47.4 Å². The molecule has 0 fully saturated rings. The van der Waals surface area contributed by atoms with E-state index >= 15 is 0 Å². The van der Waals surface area contributed by atoms with Crippen molar-refractivity contribution in [2.75, 3.05) is 13.2 Å². The first-order valence-corrected chi connectivity index (χ1v) is 16.1. The Morgan fingerprint density at radius 1 is 0.936 bits per heavy atom. The number of carboxylic acids is 1. The minimum atomic E-state index is -1.08. The second kappa shape index (κ2) is 12.4. The zero-order valence-electron chi connectivity index (χ0n) is 26.5. The van der Waals surface area contributed by atoms with Crippen LogP contribution in [0.5, 0.6) is 17.2 Å². The van der Waals surface area contributed by atoms with Crippen LogP contribution in [-0.4, -0.2) is 50.5 Å². The van der Waals surface area contributed by atoms with Crippen LogP contribution in [0.1, 0.15) is 71.8 Å². The summed E-state index contributed by atoms with van der Waals surface area (Å²) in [6.45, 7) is 9.37. The van der Waals surface area contributed by atoms with Crippen LogP contribution >= 0.6 is 22.6 Å². The Morgan fingerprint density at radius 3 is 2.00 bits per heavy atom. The molecule has 2 aromatic carbocycles. The molecule has 5 rings (SSSR count). The first kappa shape index (κ1) is 34.0. The smallest absolute Gasteiger partial charge is 0.323 e. The molecule has 1 heterocycles. The van der Waals surface area contributed by atoms with Crippen molar-refractivity contribution in [3.8, 4) is 17.2 Å².